The van der Waals surface area contributed by atoms with Crippen LogP contribution in [-0.4, -0.2) is 11.1 Å². The van der Waals surface area contributed by atoms with E-state index in [1.807, 2.05) is 6.92 Å². The van der Waals surface area contributed by atoms with E-state index in [1.54, 1.807) is 0 Å². The second kappa shape index (κ2) is 2.38. The van der Waals surface area contributed by atoms with Crippen molar-refractivity contribution in [1.82, 2.24) is 0 Å². The van der Waals surface area contributed by atoms with E-state index >= 15 is 0 Å². The van der Waals surface area contributed by atoms with Crippen molar-refractivity contribution in [2.24, 2.45) is 11.8 Å². The predicted molar refractivity (Wildman–Crippen MR) is 34.1 cm³/mol. The van der Waals surface area contributed by atoms with Gasteiger partial charge in [0.15, 0.2) is 0 Å². The van der Waals surface area contributed by atoms with Crippen LogP contribution in [0.3, 0.4) is 0 Å². The van der Waals surface area contributed by atoms with Gasteiger partial charge in [-0.3, -0.25) is 4.79 Å². The Balaban J connectivity index is 2.49. The molecule has 0 bridgehead atoms. The molecule has 1 unspecified atom stereocenters. The van der Waals surface area contributed by atoms with Crippen molar-refractivity contribution in [1.29, 1.82) is 0 Å². The first kappa shape index (κ1) is 6.59. The van der Waals surface area contributed by atoms with Crippen molar-refractivity contribution >= 4 is 5.97 Å². The molecule has 0 aliphatic heterocycles. The molecule has 0 aromatic carbocycles. The average molecular weight is 128 g/mol. The Morgan fingerprint density at radius 1 is 1.56 bits per heavy atom. The molecule has 0 heterocycles. The van der Waals surface area contributed by atoms with Crippen LogP contribution in [0.25, 0.3) is 0 Å². The first-order valence-corrected chi connectivity index (χ1v) is 3.44. The molecular formula is C7H12O2. The maximum absolute atomic E-state index is 10.4. The highest BCUT2D eigenvalue weighted by molar-refractivity contribution is 5.70. The molecule has 2 heteroatoms. The summed E-state index contributed by atoms with van der Waals surface area (Å²) in [6, 6.07) is 0. The summed E-state index contributed by atoms with van der Waals surface area (Å²) in [6.07, 6.45) is 3.08. The summed E-state index contributed by atoms with van der Waals surface area (Å²) in [5, 5.41) is 8.58. The number of aliphatic carboxylic acids is 1. The topological polar surface area (TPSA) is 37.3 Å². The summed E-state index contributed by atoms with van der Waals surface area (Å²) >= 11 is 0. The Morgan fingerprint density at radius 2 is 2.22 bits per heavy atom. The highest BCUT2D eigenvalue weighted by Crippen LogP contribution is 2.30. The Kier molecular flexibility index (Phi) is 1.74. The van der Waals surface area contributed by atoms with Gasteiger partial charge < -0.3 is 5.11 Å². The molecule has 1 saturated carbocycles. The molecule has 9 heavy (non-hydrogen) atoms. The van der Waals surface area contributed by atoms with Gasteiger partial charge in [-0.25, -0.2) is 0 Å². The van der Waals surface area contributed by atoms with Crippen molar-refractivity contribution in [3.63, 3.8) is 0 Å². The Labute approximate surface area is 54.9 Å². The van der Waals surface area contributed by atoms with Crippen LogP contribution >= 0.6 is 0 Å². The number of rotatable bonds is 1. The van der Waals surface area contributed by atoms with Gasteiger partial charge >= 0.3 is 5.97 Å². The molecule has 1 aliphatic carbocycles. The summed E-state index contributed by atoms with van der Waals surface area (Å²) < 4.78 is 0. The lowest BCUT2D eigenvalue weighted by Crippen LogP contribution is -2.15. The van der Waals surface area contributed by atoms with Crippen LogP contribution in [0.1, 0.15) is 26.2 Å². The van der Waals surface area contributed by atoms with E-state index in [-0.39, 0.29) is 5.92 Å². The van der Waals surface area contributed by atoms with Crippen molar-refractivity contribution in [2.75, 3.05) is 0 Å². The van der Waals surface area contributed by atoms with Crippen LogP contribution in [0.2, 0.25) is 0 Å². The van der Waals surface area contributed by atoms with Crippen LogP contribution in [0, 0.1) is 11.8 Å². The third kappa shape index (κ3) is 1.23. The smallest absolute Gasteiger partial charge is 0.306 e. The Bertz CT molecular complexity index is 120. The molecule has 1 rings (SSSR count). The van der Waals surface area contributed by atoms with Gasteiger partial charge in [0.25, 0.3) is 0 Å². The normalized spacial score (nSPS) is 34.8. The lowest BCUT2D eigenvalue weighted by atomic mass is 9.99. The van der Waals surface area contributed by atoms with E-state index in [9.17, 15) is 4.79 Å². The fourth-order valence-electron chi connectivity index (χ4n) is 1.51. The first-order valence-electron chi connectivity index (χ1n) is 3.44. The third-order valence-corrected chi connectivity index (χ3v) is 2.18. The number of hydrogen-bond acceptors (Lipinski definition) is 1. The predicted octanol–water partition coefficient (Wildman–Crippen LogP) is 1.51. The Hall–Kier alpha value is -0.530. The molecule has 1 N–H and O–H groups in total. The lowest BCUT2D eigenvalue weighted by molar-refractivity contribution is -0.142. The fraction of sp³-hybridized carbons (Fsp3) is 0.857. The van der Waals surface area contributed by atoms with E-state index in [1.165, 1.54) is 0 Å². The van der Waals surface area contributed by atoms with Gasteiger partial charge in [0.2, 0.25) is 0 Å². The van der Waals surface area contributed by atoms with E-state index in [4.69, 9.17) is 5.11 Å². The second-order valence-electron chi connectivity index (χ2n) is 2.85. The number of carbonyl (C=O) groups is 1. The largest absolute Gasteiger partial charge is 0.481 e. The second-order valence-corrected chi connectivity index (χ2v) is 2.85. The van der Waals surface area contributed by atoms with Gasteiger partial charge in [-0.1, -0.05) is 13.3 Å². The van der Waals surface area contributed by atoms with E-state index in [0.717, 1.165) is 19.3 Å². The van der Waals surface area contributed by atoms with Gasteiger partial charge in [-0.05, 0) is 18.8 Å². The molecule has 0 spiro atoms. The Morgan fingerprint density at radius 3 is 2.44 bits per heavy atom. The minimum absolute atomic E-state index is 0.0509. The van der Waals surface area contributed by atoms with E-state index in [0.29, 0.717) is 5.92 Å². The molecular weight excluding hydrogens is 116 g/mol. The van der Waals surface area contributed by atoms with Gasteiger partial charge in [0, 0.05) is 0 Å². The van der Waals surface area contributed by atoms with Crippen LogP contribution in [0.15, 0.2) is 0 Å². The van der Waals surface area contributed by atoms with Gasteiger partial charge in [0.1, 0.15) is 0 Å². The van der Waals surface area contributed by atoms with Crippen molar-refractivity contribution in [2.45, 2.75) is 26.2 Å². The molecule has 0 amide bonds. The van der Waals surface area contributed by atoms with Crippen LogP contribution in [0.5, 0.6) is 0 Å². The third-order valence-electron chi connectivity index (χ3n) is 2.18. The molecule has 0 aromatic rings. The number of carboxylic acid groups (broad SMARTS) is 1. The standard InChI is InChI=1S/C7H12O2/c1-5-3-2-4-6(5)7(8)9/h5-6H,2-4H2,1H3,(H,8,9)/t5-,6?/m0/s1. The number of carboxylic acids is 1. The lowest BCUT2D eigenvalue weighted by Gasteiger charge is -2.07. The monoisotopic (exact) mass is 128 g/mol. The average Bonchev–Trinajstić information content (AvgIpc) is 2.13. The fourth-order valence-corrected chi connectivity index (χ4v) is 1.51. The molecule has 0 radical (unpaired) electrons. The number of hydrogen-bond donors (Lipinski definition) is 1. The van der Waals surface area contributed by atoms with Crippen LogP contribution in [-0.2, 0) is 4.79 Å². The zero-order valence-electron chi connectivity index (χ0n) is 5.63. The van der Waals surface area contributed by atoms with Gasteiger partial charge in [0.05, 0.1) is 5.92 Å². The molecule has 0 aromatic heterocycles. The van der Waals surface area contributed by atoms with E-state index < -0.39 is 5.97 Å². The molecule has 52 valence electrons. The minimum atomic E-state index is -0.611. The highest BCUT2D eigenvalue weighted by Gasteiger charge is 2.28. The summed E-state index contributed by atoms with van der Waals surface area (Å²) in [5.74, 6) is -0.257. The van der Waals surface area contributed by atoms with Crippen molar-refractivity contribution in [3.8, 4) is 0 Å². The summed E-state index contributed by atoms with van der Waals surface area (Å²) in [6.45, 7) is 2.02. The van der Waals surface area contributed by atoms with Crippen LogP contribution in [0.4, 0.5) is 0 Å². The van der Waals surface area contributed by atoms with Crippen molar-refractivity contribution in [3.05, 3.63) is 0 Å². The zero-order chi connectivity index (χ0) is 6.85. The molecule has 0 saturated heterocycles. The molecule has 1 aliphatic rings. The minimum Gasteiger partial charge on any atom is -0.481 e. The SMILES string of the molecule is C[C@H]1CCCC1C(=O)O. The van der Waals surface area contributed by atoms with Crippen molar-refractivity contribution < 1.29 is 9.90 Å². The highest BCUT2D eigenvalue weighted by atomic mass is 16.4. The summed E-state index contributed by atoms with van der Waals surface area (Å²) in [5.41, 5.74) is 0. The summed E-state index contributed by atoms with van der Waals surface area (Å²) in [4.78, 5) is 10.4. The first-order chi connectivity index (χ1) is 4.22. The summed E-state index contributed by atoms with van der Waals surface area (Å²) in [7, 11) is 0. The quantitative estimate of drug-likeness (QED) is 0.581. The van der Waals surface area contributed by atoms with E-state index in [2.05, 4.69) is 0 Å². The molecule has 2 atom stereocenters. The maximum Gasteiger partial charge on any atom is 0.306 e. The van der Waals surface area contributed by atoms with Gasteiger partial charge in [-0.2, -0.15) is 0 Å². The zero-order valence-corrected chi connectivity index (χ0v) is 5.63. The molecule has 2 nitrogen and oxygen atoms in total. The van der Waals surface area contributed by atoms with Crippen LogP contribution < -0.4 is 0 Å². The maximum atomic E-state index is 10.4. The van der Waals surface area contributed by atoms with Gasteiger partial charge in [-0.15, -0.1) is 0 Å². The molecule has 1 fully saturated rings.